The Labute approximate surface area is 211 Å². The first kappa shape index (κ1) is 24.3. The quantitative estimate of drug-likeness (QED) is 0.394. The molecule has 1 saturated heterocycles. The van der Waals surface area contributed by atoms with Gasteiger partial charge in [-0.15, -0.1) is 0 Å². The molecule has 0 bridgehead atoms. The number of likely N-dealkylation sites (N-methyl/N-ethyl adjacent to an activating group) is 1. The van der Waals surface area contributed by atoms with E-state index < -0.39 is 5.82 Å². The number of anilines is 2. The number of aromatic nitrogens is 5. The standard InChI is InChI=1S/C27H33FN8/c1-4-6-24-21-15-20(8-9-23(21)33-34(24)3)26-22(28)17-30-27(32-26)31-25-10-7-19(16-29-25)18-36-13-11-35(5-2)12-14-36/h7-10,15-17H,4-6,11-14,18H2,1-3H3,(H,29,30,31,32). The predicted molar refractivity (Wildman–Crippen MR) is 141 cm³/mol. The fraction of sp³-hybridized carbons (Fsp3) is 0.407. The summed E-state index contributed by atoms with van der Waals surface area (Å²) in [5.74, 6) is 0.467. The van der Waals surface area contributed by atoms with Crippen molar-refractivity contribution in [1.82, 2.24) is 34.5 Å². The summed E-state index contributed by atoms with van der Waals surface area (Å²) in [7, 11) is 1.95. The van der Waals surface area contributed by atoms with Crippen LogP contribution >= 0.6 is 0 Å². The Morgan fingerprint density at radius 2 is 1.78 bits per heavy atom. The Hall–Kier alpha value is -3.43. The maximum Gasteiger partial charge on any atom is 0.229 e. The first-order valence-corrected chi connectivity index (χ1v) is 12.7. The lowest BCUT2D eigenvalue weighted by atomic mass is 10.1. The number of piperazine rings is 1. The van der Waals surface area contributed by atoms with Gasteiger partial charge in [-0.05, 0) is 36.7 Å². The van der Waals surface area contributed by atoms with Crippen molar-refractivity contribution in [2.45, 2.75) is 33.2 Å². The molecule has 1 aromatic carbocycles. The third-order valence-corrected chi connectivity index (χ3v) is 6.84. The Bertz CT molecular complexity index is 1330. The zero-order valence-electron chi connectivity index (χ0n) is 21.2. The van der Waals surface area contributed by atoms with Crippen LogP contribution in [0.1, 0.15) is 31.5 Å². The highest BCUT2D eigenvalue weighted by Crippen LogP contribution is 2.28. The highest BCUT2D eigenvalue weighted by molar-refractivity contribution is 5.86. The van der Waals surface area contributed by atoms with Crippen molar-refractivity contribution >= 4 is 22.7 Å². The lowest BCUT2D eigenvalue weighted by Crippen LogP contribution is -2.45. The van der Waals surface area contributed by atoms with Gasteiger partial charge in [0, 0.05) is 62.6 Å². The van der Waals surface area contributed by atoms with Gasteiger partial charge < -0.3 is 10.2 Å². The first-order valence-electron chi connectivity index (χ1n) is 12.7. The number of halogens is 1. The summed E-state index contributed by atoms with van der Waals surface area (Å²) in [5, 5.41) is 8.73. The summed E-state index contributed by atoms with van der Waals surface area (Å²) in [5.41, 5.74) is 4.15. The molecule has 0 amide bonds. The third-order valence-electron chi connectivity index (χ3n) is 6.84. The van der Waals surface area contributed by atoms with Crippen LogP contribution in [-0.4, -0.2) is 67.3 Å². The average molecular weight is 489 g/mol. The molecule has 0 radical (unpaired) electrons. The van der Waals surface area contributed by atoms with Crippen LogP contribution in [0.25, 0.3) is 22.2 Å². The molecular formula is C27H33FN8. The summed E-state index contributed by atoms with van der Waals surface area (Å²) in [6, 6.07) is 9.73. The van der Waals surface area contributed by atoms with E-state index in [4.69, 9.17) is 0 Å². The number of benzene rings is 1. The van der Waals surface area contributed by atoms with E-state index in [1.54, 1.807) is 0 Å². The molecule has 5 rings (SSSR count). The molecule has 1 fully saturated rings. The summed E-state index contributed by atoms with van der Waals surface area (Å²) in [6.07, 6.45) is 5.00. The lowest BCUT2D eigenvalue weighted by molar-refractivity contribution is 0.132. The largest absolute Gasteiger partial charge is 0.309 e. The number of rotatable bonds is 8. The molecule has 3 aromatic heterocycles. The zero-order chi connectivity index (χ0) is 25.1. The highest BCUT2D eigenvalue weighted by Gasteiger charge is 2.16. The van der Waals surface area contributed by atoms with E-state index in [0.717, 1.165) is 68.7 Å². The molecule has 4 aromatic rings. The van der Waals surface area contributed by atoms with Crippen LogP contribution in [0.3, 0.4) is 0 Å². The number of nitrogens with one attached hydrogen (secondary N) is 1. The van der Waals surface area contributed by atoms with Gasteiger partial charge >= 0.3 is 0 Å². The molecule has 188 valence electrons. The number of hydrogen-bond acceptors (Lipinski definition) is 7. The van der Waals surface area contributed by atoms with Gasteiger partial charge in [0.05, 0.1) is 11.7 Å². The average Bonchev–Trinajstić information content (AvgIpc) is 3.21. The Balaban J connectivity index is 1.31. The maximum absolute atomic E-state index is 14.8. The van der Waals surface area contributed by atoms with Crippen LogP contribution in [0.5, 0.6) is 0 Å². The fourth-order valence-electron chi connectivity index (χ4n) is 4.79. The minimum atomic E-state index is -0.465. The van der Waals surface area contributed by atoms with Crippen LogP contribution in [-0.2, 0) is 20.0 Å². The number of fused-ring (bicyclic) bond motifs is 1. The van der Waals surface area contributed by atoms with Gasteiger partial charge in [-0.2, -0.15) is 5.10 Å². The first-order chi connectivity index (χ1) is 17.5. The molecule has 1 N–H and O–H groups in total. The van der Waals surface area contributed by atoms with Crippen molar-refractivity contribution in [3.05, 3.63) is 59.8 Å². The zero-order valence-corrected chi connectivity index (χ0v) is 21.2. The van der Waals surface area contributed by atoms with Crippen molar-refractivity contribution in [3.8, 4) is 11.3 Å². The van der Waals surface area contributed by atoms with Crippen LogP contribution < -0.4 is 5.32 Å². The van der Waals surface area contributed by atoms with Gasteiger partial charge in [-0.3, -0.25) is 9.58 Å². The molecule has 0 aliphatic carbocycles. The number of hydrogen-bond donors (Lipinski definition) is 1. The second kappa shape index (κ2) is 10.7. The van der Waals surface area contributed by atoms with Crippen molar-refractivity contribution < 1.29 is 4.39 Å². The molecule has 0 spiro atoms. The van der Waals surface area contributed by atoms with E-state index in [9.17, 15) is 4.39 Å². The Morgan fingerprint density at radius 3 is 2.50 bits per heavy atom. The maximum atomic E-state index is 14.8. The highest BCUT2D eigenvalue weighted by atomic mass is 19.1. The monoisotopic (exact) mass is 488 g/mol. The molecule has 1 aliphatic heterocycles. The van der Waals surface area contributed by atoms with Crippen molar-refractivity contribution in [2.75, 3.05) is 38.0 Å². The summed E-state index contributed by atoms with van der Waals surface area (Å²) >= 11 is 0. The van der Waals surface area contributed by atoms with Crippen LogP contribution in [0.2, 0.25) is 0 Å². The molecule has 4 heterocycles. The van der Waals surface area contributed by atoms with Gasteiger partial charge in [0.2, 0.25) is 5.95 Å². The van der Waals surface area contributed by atoms with Gasteiger partial charge in [0.15, 0.2) is 5.82 Å². The SMILES string of the molecule is CCCc1c2cc(-c3nc(Nc4ccc(CN5CCN(CC)CC5)cn4)ncc3F)ccc2nn1C. The molecule has 9 heteroatoms. The third kappa shape index (κ3) is 5.22. The smallest absolute Gasteiger partial charge is 0.229 e. The number of aryl methyl sites for hydroxylation is 2. The summed E-state index contributed by atoms with van der Waals surface area (Å²) < 4.78 is 16.7. The molecule has 8 nitrogen and oxygen atoms in total. The second-order valence-corrected chi connectivity index (χ2v) is 9.33. The van der Waals surface area contributed by atoms with Crippen LogP contribution in [0.15, 0.2) is 42.7 Å². The molecule has 0 saturated carbocycles. The molecule has 1 aliphatic rings. The molecular weight excluding hydrogens is 455 g/mol. The van der Waals surface area contributed by atoms with Gasteiger partial charge in [-0.25, -0.2) is 19.3 Å². The Kier molecular flexibility index (Phi) is 7.20. The minimum absolute atomic E-state index is 0.253. The van der Waals surface area contributed by atoms with Gasteiger partial charge in [0.1, 0.15) is 11.5 Å². The van der Waals surface area contributed by atoms with Crippen LogP contribution in [0, 0.1) is 5.82 Å². The Morgan fingerprint density at radius 1 is 0.972 bits per heavy atom. The van der Waals surface area contributed by atoms with Crippen LogP contribution in [0.4, 0.5) is 16.2 Å². The topological polar surface area (TPSA) is 75.0 Å². The fourth-order valence-corrected chi connectivity index (χ4v) is 4.79. The molecule has 0 unspecified atom stereocenters. The second-order valence-electron chi connectivity index (χ2n) is 9.33. The molecule has 36 heavy (non-hydrogen) atoms. The summed E-state index contributed by atoms with van der Waals surface area (Å²) in [4.78, 5) is 18.1. The van der Waals surface area contributed by atoms with E-state index in [0.29, 0.717) is 17.3 Å². The van der Waals surface area contributed by atoms with E-state index in [1.165, 1.54) is 11.8 Å². The number of nitrogens with zero attached hydrogens (tertiary/aromatic N) is 7. The van der Waals surface area contributed by atoms with E-state index >= 15 is 0 Å². The normalized spacial score (nSPS) is 15.0. The molecule has 0 atom stereocenters. The number of pyridine rings is 1. The van der Waals surface area contributed by atoms with Crippen molar-refractivity contribution in [3.63, 3.8) is 0 Å². The van der Waals surface area contributed by atoms with Gasteiger partial charge in [-0.1, -0.05) is 32.4 Å². The van der Waals surface area contributed by atoms with E-state index in [2.05, 4.69) is 55.1 Å². The minimum Gasteiger partial charge on any atom is -0.309 e. The van der Waals surface area contributed by atoms with Crippen molar-refractivity contribution in [2.24, 2.45) is 7.05 Å². The van der Waals surface area contributed by atoms with E-state index in [1.807, 2.05) is 42.2 Å². The lowest BCUT2D eigenvalue weighted by Gasteiger charge is -2.33. The van der Waals surface area contributed by atoms with Crippen molar-refractivity contribution in [1.29, 1.82) is 0 Å². The van der Waals surface area contributed by atoms with E-state index in [-0.39, 0.29) is 5.69 Å². The predicted octanol–water partition coefficient (Wildman–Crippen LogP) is 4.40. The summed E-state index contributed by atoms with van der Waals surface area (Å²) in [6.45, 7) is 10.7. The van der Waals surface area contributed by atoms with Gasteiger partial charge in [0.25, 0.3) is 0 Å².